The predicted molar refractivity (Wildman–Crippen MR) is 96.6 cm³/mol. The zero-order chi connectivity index (χ0) is 18.3. The molecule has 1 saturated heterocycles. The highest BCUT2D eigenvalue weighted by Crippen LogP contribution is 2.38. The third-order valence-corrected chi connectivity index (χ3v) is 5.78. The normalized spacial score (nSPS) is 28.2. The molecule has 0 bridgehead atoms. The van der Waals surface area contributed by atoms with Gasteiger partial charge in [-0.15, -0.1) is 0 Å². The average molecular weight is 356 g/mol. The number of nitrogens with one attached hydrogen (secondary N) is 2. The summed E-state index contributed by atoms with van der Waals surface area (Å²) < 4.78 is 5.61. The number of aromatic amines is 1. The number of carbonyl (C=O) groups excluding carboxylic acids is 2. The van der Waals surface area contributed by atoms with Crippen LogP contribution in [0, 0.1) is 11.8 Å². The Bertz CT molecular complexity index is 833. The van der Waals surface area contributed by atoms with Gasteiger partial charge in [-0.25, -0.2) is 4.98 Å². The maximum Gasteiger partial charge on any atom is 0.256 e. The molecule has 1 aliphatic carbocycles. The molecule has 1 aliphatic heterocycles. The third-order valence-electron chi connectivity index (χ3n) is 5.78. The van der Waals surface area contributed by atoms with E-state index >= 15 is 0 Å². The van der Waals surface area contributed by atoms with E-state index in [0.717, 1.165) is 37.0 Å². The van der Waals surface area contributed by atoms with Crippen molar-refractivity contribution in [3.05, 3.63) is 30.1 Å². The Morgan fingerprint density at radius 3 is 2.81 bits per heavy atom. The number of aromatic nitrogens is 2. The van der Waals surface area contributed by atoms with Gasteiger partial charge in [-0.1, -0.05) is 0 Å². The smallest absolute Gasteiger partial charge is 0.256 e. The molecule has 4 atom stereocenters. The van der Waals surface area contributed by atoms with Crippen LogP contribution >= 0.6 is 0 Å². The van der Waals surface area contributed by atoms with E-state index in [1.165, 1.54) is 6.92 Å². The second-order valence-electron chi connectivity index (χ2n) is 7.38. The number of rotatable bonds is 3. The molecule has 2 aliphatic rings. The molecule has 0 spiro atoms. The summed E-state index contributed by atoms with van der Waals surface area (Å²) in [6.45, 7) is 3.00. The van der Waals surface area contributed by atoms with Crippen molar-refractivity contribution in [2.24, 2.45) is 11.8 Å². The number of hydrogen-bond donors (Lipinski definition) is 2. The number of ether oxygens (including phenoxy) is 1. The number of H-pyrrole nitrogens is 1. The van der Waals surface area contributed by atoms with E-state index < -0.39 is 0 Å². The summed E-state index contributed by atoms with van der Waals surface area (Å²) in [5, 5.41) is 3.87. The number of pyridine rings is 1. The molecular formula is C19H24N4O3. The van der Waals surface area contributed by atoms with Gasteiger partial charge in [0.1, 0.15) is 5.65 Å². The zero-order valence-corrected chi connectivity index (χ0v) is 15.1. The van der Waals surface area contributed by atoms with Gasteiger partial charge < -0.3 is 19.9 Å². The Morgan fingerprint density at radius 2 is 2.08 bits per heavy atom. The summed E-state index contributed by atoms with van der Waals surface area (Å²) in [6.07, 6.45) is 5.19. The molecule has 1 saturated carbocycles. The second-order valence-corrected chi connectivity index (χ2v) is 7.38. The Morgan fingerprint density at radius 1 is 1.31 bits per heavy atom. The highest BCUT2D eigenvalue weighted by atomic mass is 16.5. The maximum atomic E-state index is 13.1. The van der Waals surface area contributed by atoms with Crippen LogP contribution in [0.25, 0.3) is 11.0 Å². The van der Waals surface area contributed by atoms with Gasteiger partial charge in [-0.3, -0.25) is 9.59 Å². The lowest BCUT2D eigenvalue weighted by Gasteiger charge is -2.37. The van der Waals surface area contributed by atoms with E-state index in [9.17, 15) is 9.59 Å². The molecule has 0 radical (unpaired) electrons. The van der Waals surface area contributed by atoms with Gasteiger partial charge in [0.25, 0.3) is 5.91 Å². The lowest BCUT2D eigenvalue weighted by Crippen LogP contribution is -2.49. The van der Waals surface area contributed by atoms with Gasteiger partial charge in [0, 0.05) is 44.9 Å². The van der Waals surface area contributed by atoms with Crippen molar-refractivity contribution in [3.63, 3.8) is 0 Å². The number of methoxy groups -OCH3 is 1. The molecule has 26 heavy (non-hydrogen) atoms. The van der Waals surface area contributed by atoms with Crippen LogP contribution in [0.15, 0.2) is 24.5 Å². The molecule has 3 heterocycles. The zero-order valence-electron chi connectivity index (χ0n) is 15.1. The SMILES string of the molecule is CO[C@@H]1C[C@H]2CN(C(=O)c3c[nH]c4ncccc34)C[C@H]2C[C@H]1NC(C)=O. The summed E-state index contributed by atoms with van der Waals surface area (Å²) in [4.78, 5) is 33.8. The minimum absolute atomic E-state index is 0.00694. The number of hydrogen-bond acceptors (Lipinski definition) is 4. The van der Waals surface area contributed by atoms with Crippen LogP contribution in [0.4, 0.5) is 0 Å². The molecule has 2 fully saturated rings. The van der Waals surface area contributed by atoms with Gasteiger partial charge in [0.15, 0.2) is 0 Å². The number of likely N-dealkylation sites (tertiary alicyclic amines) is 1. The van der Waals surface area contributed by atoms with E-state index in [4.69, 9.17) is 4.74 Å². The predicted octanol–water partition coefficient (Wildman–Crippen LogP) is 1.56. The van der Waals surface area contributed by atoms with Crippen molar-refractivity contribution >= 4 is 22.8 Å². The van der Waals surface area contributed by atoms with E-state index in [-0.39, 0.29) is 24.0 Å². The van der Waals surface area contributed by atoms with Crippen molar-refractivity contribution in [1.29, 1.82) is 0 Å². The fraction of sp³-hybridized carbons (Fsp3) is 0.526. The molecule has 0 aromatic carbocycles. The van der Waals surface area contributed by atoms with Crippen molar-refractivity contribution < 1.29 is 14.3 Å². The van der Waals surface area contributed by atoms with Crippen LogP contribution < -0.4 is 5.32 Å². The van der Waals surface area contributed by atoms with E-state index in [1.54, 1.807) is 19.5 Å². The summed E-state index contributed by atoms with van der Waals surface area (Å²) in [6, 6.07) is 3.78. The highest BCUT2D eigenvalue weighted by molar-refractivity contribution is 6.05. The van der Waals surface area contributed by atoms with E-state index in [0.29, 0.717) is 17.4 Å². The largest absolute Gasteiger partial charge is 0.379 e. The highest BCUT2D eigenvalue weighted by Gasteiger charge is 2.44. The molecule has 2 aromatic heterocycles. The van der Waals surface area contributed by atoms with Gasteiger partial charge in [0.2, 0.25) is 5.91 Å². The first-order valence-corrected chi connectivity index (χ1v) is 9.08. The van der Waals surface area contributed by atoms with E-state index in [2.05, 4.69) is 15.3 Å². The molecule has 2 amide bonds. The Balaban J connectivity index is 1.51. The maximum absolute atomic E-state index is 13.1. The fourth-order valence-electron chi connectivity index (χ4n) is 4.56. The summed E-state index contributed by atoms with van der Waals surface area (Å²) >= 11 is 0. The van der Waals surface area contributed by atoms with Gasteiger partial charge in [0.05, 0.1) is 17.7 Å². The molecule has 138 valence electrons. The Labute approximate surface area is 152 Å². The monoisotopic (exact) mass is 356 g/mol. The minimum Gasteiger partial charge on any atom is -0.379 e. The van der Waals surface area contributed by atoms with Crippen molar-refractivity contribution in [2.75, 3.05) is 20.2 Å². The van der Waals surface area contributed by atoms with Crippen LogP contribution in [0.2, 0.25) is 0 Å². The lowest BCUT2D eigenvalue weighted by atomic mass is 9.77. The van der Waals surface area contributed by atoms with Gasteiger partial charge in [-0.2, -0.15) is 0 Å². The van der Waals surface area contributed by atoms with Crippen LogP contribution in [0.5, 0.6) is 0 Å². The van der Waals surface area contributed by atoms with E-state index in [1.807, 2.05) is 17.0 Å². The summed E-state index contributed by atoms with van der Waals surface area (Å²) in [5.74, 6) is 0.819. The van der Waals surface area contributed by atoms with Crippen LogP contribution in [-0.4, -0.2) is 59.0 Å². The molecule has 7 heteroatoms. The first-order valence-electron chi connectivity index (χ1n) is 9.08. The number of nitrogens with zero attached hydrogens (tertiary/aromatic N) is 2. The molecule has 7 nitrogen and oxygen atoms in total. The third kappa shape index (κ3) is 2.96. The fourth-order valence-corrected chi connectivity index (χ4v) is 4.56. The van der Waals surface area contributed by atoms with Crippen LogP contribution in [-0.2, 0) is 9.53 Å². The number of fused-ring (bicyclic) bond motifs is 2. The molecule has 2 N–H and O–H groups in total. The van der Waals surface area contributed by atoms with Gasteiger partial charge >= 0.3 is 0 Å². The Kier molecular flexibility index (Phi) is 4.40. The topological polar surface area (TPSA) is 87.3 Å². The summed E-state index contributed by atoms with van der Waals surface area (Å²) in [5.41, 5.74) is 1.41. The molecular weight excluding hydrogens is 332 g/mol. The standard InChI is InChI=1S/C19H24N4O3/c1-11(24)22-16-6-12-9-23(10-13(12)7-17(16)26-2)19(25)15-8-21-18-14(15)4-3-5-20-18/h3-5,8,12-13,16-17H,6-7,9-10H2,1-2H3,(H,20,21)(H,22,24)/t12-,13+,16-,17-/m1/s1. The first-order chi connectivity index (χ1) is 12.6. The van der Waals surface area contributed by atoms with Crippen LogP contribution in [0.1, 0.15) is 30.1 Å². The van der Waals surface area contributed by atoms with Crippen molar-refractivity contribution in [1.82, 2.24) is 20.2 Å². The quantitative estimate of drug-likeness (QED) is 0.874. The average Bonchev–Trinajstić information content (AvgIpc) is 3.23. The van der Waals surface area contributed by atoms with Crippen LogP contribution in [0.3, 0.4) is 0 Å². The minimum atomic E-state index is -0.0345. The molecule has 2 aromatic rings. The second kappa shape index (κ2) is 6.72. The Hall–Kier alpha value is -2.41. The summed E-state index contributed by atoms with van der Waals surface area (Å²) in [7, 11) is 1.69. The first kappa shape index (κ1) is 17.0. The molecule has 4 rings (SSSR count). The number of amides is 2. The molecule has 0 unspecified atom stereocenters. The van der Waals surface area contributed by atoms with Crippen molar-refractivity contribution in [2.45, 2.75) is 31.9 Å². The van der Waals surface area contributed by atoms with Crippen molar-refractivity contribution in [3.8, 4) is 0 Å². The number of carbonyl (C=O) groups is 2. The lowest BCUT2D eigenvalue weighted by molar-refractivity contribution is -0.121. The van der Waals surface area contributed by atoms with Gasteiger partial charge in [-0.05, 0) is 36.8 Å².